The molecule has 156 valence electrons. The Morgan fingerprint density at radius 1 is 1.10 bits per heavy atom. The molecular formula is C22H23N3O4S. The van der Waals surface area contributed by atoms with Crippen molar-refractivity contribution in [3.05, 3.63) is 71.5 Å². The number of hydrogen-bond acceptors (Lipinski definition) is 5. The summed E-state index contributed by atoms with van der Waals surface area (Å²) in [5.74, 6) is -0.430. The fraction of sp³-hybridized carbons (Fsp3) is 0.273. The number of anilines is 1. The molecule has 2 aliphatic rings. The molecular weight excluding hydrogens is 402 g/mol. The molecule has 0 saturated heterocycles. The van der Waals surface area contributed by atoms with E-state index >= 15 is 0 Å². The largest absolute Gasteiger partial charge is 0.509 e. The summed E-state index contributed by atoms with van der Waals surface area (Å²) in [5.41, 5.74) is 0.972. The zero-order chi connectivity index (χ0) is 21.5. The quantitative estimate of drug-likeness (QED) is 0.762. The van der Waals surface area contributed by atoms with Crippen LogP contribution >= 0.6 is 0 Å². The minimum atomic E-state index is -3.99. The average Bonchev–Trinajstić information content (AvgIpc) is 2.96. The van der Waals surface area contributed by atoms with Crippen LogP contribution in [0.25, 0.3) is 0 Å². The van der Waals surface area contributed by atoms with E-state index in [2.05, 4.69) is 23.6 Å². The first-order valence-electron chi connectivity index (χ1n) is 9.80. The maximum absolute atomic E-state index is 13.3. The Morgan fingerprint density at radius 2 is 1.77 bits per heavy atom. The lowest BCUT2D eigenvalue weighted by Crippen LogP contribution is -2.34. The normalized spacial score (nSPS) is 20.2. The van der Waals surface area contributed by atoms with Crippen molar-refractivity contribution in [2.24, 2.45) is 10.3 Å². The number of nitrogens with one attached hydrogen (secondary N) is 1. The first-order chi connectivity index (χ1) is 14.3. The number of sulfonamides is 1. The lowest BCUT2D eigenvalue weighted by atomic mass is 10.0. The third-order valence-electron chi connectivity index (χ3n) is 5.23. The zero-order valence-electron chi connectivity index (χ0n) is 16.7. The highest BCUT2D eigenvalue weighted by atomic mass is 32.2. The SMILES string of the molecule is CC(C)CCN1C(=O)C(C2=NS(=O)(=O)c3ccccc3N2)=C(O)[C@@H]1c1ccccc1. The molecule has 0 saturated carbocycles. The number of aliphatic hydroxyl groups excluding tert-OH is 1. The molecule has 0 unspecified atom stereocenters. The van der Waals surface area contributed by atoms with Gasteiger partial charge in [-0.15, -0.1) is 4.40 Å². The molecule has 0 fully saturated rings. The number of aliphatic hydroxyl groups is 1. The van der Waals surface area contributed by atoms with Gasteiger partial charge in [0.1, 0.15) is 22.3 Å². The van der Waals surface area contributed by atoms with Gasteiger partial charge < -0.3 is 15.3 Å². The Bertz CT molecular complexity index is 1150. The van der Waals surface area contributed by atoms with E-state index in [1.165, 1.54) is 6.07 Å². The number of para-hydroxylation sites is 1. The number of hydrogen-bond donors (Lipinski definition) is 2. The Hall–Kier alpha value is -3.13. The van der Waals surface area contributed by atoms with E-state index in [1.807, 2.05) is 30.3 Å². The highest BCUT2D eigenvalue weighted by Crippen LogP contribution is 2.39. The molecule has 2 aromatic carbocycles. The van der Waals surface area contributed by atoms with Crippen LogP contribution in [0.3, 0.4) is 0 Å². The van der Waals surface area contributed by atoms with Gasteiger partial charge in [-0.3, -0.25) is 4.79 Å². The molecule has 0 radical (unpaired) electrons. The molecule has 30 heavy (non-hydrogen) atoms. The van der Waals surface area contributed by atoms with Crippen molar-refractivity contribution in [1.82, 2.24) is 4.90 Å². The summed E-state index contributed by atoms with van der Waals surface area (Å²) in [5, 5.41) is 14.0. The number of fused-ring (bicyclic) bond motifs is 1. The number of nitrogens with zero attached hydrogens (tertiary/aromatic N) is 2. The van der Waals surface area contributed by atoms with Gasteiger partial charge in [0.05, 0.1) is 5.69 Å². The molecule has 1 amide bonds. The first-order valence-corrected chi connectivity index (χ1v) is 11.2. The fourth-order valence-electron chi connectivity index (χ4n) is 3.70. The summed E-state index contributed by atoms with van der Waals surface area (Å²) in [6.07, 6.45) is 0.747. The Labute approximate surface area is 175 Å². The van der Waals surface area contributed by atoms with Crippen LogP contribution in [0.2, 0.25) is 0 Å². The lowest BCUT2D eigenvalue weighted by Gasteiger charge is -2.26. The summed E-state index contributed by atoms with van der Waals surface area (Å²) >= 11 is 0. The van der Waals surface area contributed by atoms with Gasteiger partial charge in [-0.25, -0.2) is 0 Å². The third-order valence-corrected chi connectivity index (χ3v) is 6.57. The first kappa shape index (κ1) is 20.2. The van der Waals surface area contributed by atoms with Gasteiger partial charge in [-0.1, -0.05) is 56.3 Å². The second-order valence-corrected chi connectivity index (χ2v) is 9.36. The Kier molecular flexibility index (Phi) is 5.11. The van der Waals surface area contributed by atoms with Crippen molar-refractivity contribution >= 4 is 27.5 Å². The third kappa shape index (κ3) is 3.47. The van der Waals surface area contributed by atoms with Gasteiger partial charge in [0.15, 0.2) is 5.84 Å². The maximum atomic E-state index is 13.3. The van der Waals surface area contributed by atoms with Crippen LogP contribution in [0.15, 0.2) is 75.2 Å². The second-order valence-electron chi connectivity index (χ2n) is 7.79. The molecule has 2 N–H and O–H groups in total. The van der Waals surface area contributed by atoms with Crippen molar-refractivity contribution < 1.29 is 18.3 Å². The van der Waals surface area contributed by atoms with Crippen LogP contribution in [0.4, 0.5) is 5.69 Å². The Balaban J connectivity index is 1.80. The van der Waals surface area contributed by atoms with Gasteiger partial charge in [-0.2, -0.15) is 8.42 Å². The van der Waals surface area contributed by atoms with Gasteiger partial charge in [0.25, 0.3) is 15.9 Å². The monoisotopic (exact) mass is 425 g/mol. The fourth-order valence-corrected chi connectivity index (χ4v) is 4.82. The van der Waals surface area contributed by atoms with Gasteiger partial charge in [0.2, 0.25) is 0 Å². The highest BCUT2D eigenvalue weighted by molar-refractivity contribution is 7.90. The summed E-state index contributed by atoms with van der Waals surface area (Å²) in [4.78, 5) is 14.9. The predicted molar refractivity (Wildman–Crippen MR) is 115 cm³/mol. The van der Waals surface area contributed by atoms with Crippen molar-refractivity contribution in [1.29, 1.82) is 0 Å². The van der Waals surface area contributed by atoms with E-state index in [0.29, 0.717) is 18.2 Å². The van der Waals surface area contributed by atoms with Crippen LogP contribution in [0, 0.1) is 5.92 Å². The molecule has 0 spiro atoms. The second kappa shape index (κ2) is 7.60. The number of amides is 1. The summed E-state index contributed by atoms with van der Waals surface area (Å²) < 4.78 is 29.1. The van der Waals surface area contributed by atoms with Crippen LogP contribution in [0.5, 0.6) is 0 Å². The molecule has 1 atom stereocenters. The van der Waals surface area contributed by atoms with Crippen molar-refractivity contribution in [3.8, 4) is 0 Å². The Morgan fingerprint density at radius 3 is 2.47 bits per heavy atom. The van der Waals surface area contributed by atoms with Gasteiger partial charge in [-0.05, 0) is 30.0 Å². The molecule has 8 heteroatoms. The average molecular weight is 426 g/mol. The van der Waals surface area contributed by atoms with Crippen LogP contribution in [0.1, 0.15) is 31.9 Å². The number of carbonyl (C=O) groups excluding carboxylic acids is 1. The highest BCUT2D eigenvalue weighted by Gasteiger charge is 2.44. The molecule has 0 bridgehead atoms. The minimum absolute atomic E-state index is 0.0376. The topological polar surface area (TPSA) is 99.1 Å². The van der Waals surface area contributed by atoms with Crippen molar-refractivity contribution in [2.45, 2.75) is 31.2 Å². The van der Waals surface area contributed by atoms with Gasteiger partial charge >= 0.3 is 0 Å². The molecule has 7 nitrogen and oxygen atoms in total. The van der Waals surface area contributed by atoms with E-state index in [1.54, 1.807) is 23.1 Å². The summed E-state index contributed by atoms with van der Waals surface area (Å²) in [7, 11) is -3.99. The zero-order valence-corrected chi connectivity index (χ0v) is 17.6. The van der Waals surface area contributed by atoms with E-state index in [4.69, 9.17) is 0 Å². The van der Waals surface area contributed by atoms with Gasteiger partial charge in [0, 0.05) is 6.54 Å². The number of benzene rings is 2. The maximum Gasteiger partial charge on any atom is 0.286 e. The summed E-state index contributed by atoms with van der Waals surface area (Å²) in [6.45, 7) is 4.55. The summed E-state index contributed by atoms with van der Waals surface area (Å²) in [6, 6.07) is 14.9. The predicted octanol–water partition coefficient (Wildman–Crippen LogP) is 3.64. The van der Waals surface area contributed by atoms with Crippen LogP contribution < -0.4 is 5.32 Å². The molecule has 0 aromatic heterocycles. The van der Waals surface area contributed by atoms with Crippen LogP contribution in [-0.4, -0.2) is 36.7 Å². The standard InChI is InChI=1S/C22H23N3O4S/c1-14(2)12-13-25-19(15-8-4-3-5-9-15)20(26)18(22(25)27)21-23-16-10-6-7-11-17(16)30(28,29)24-21/h3-11,14,19,26H,12-13H2,1-2H3,(H,23,24)/t19-/m0/s1. The number of rotatable bonds is 5. The van der Waals surface area contributed by atoms with Crippen molar-refractivity contribution in [3.63, 3.8) is 0 Å². The number of amidine groups is 1. The molecule has 4 rings (SSSR count). The number of carbonyl (C=O) groups is 1. The molecule has 2 aromatic rings. The van der Waals surface area contributed by atoms with E-state index in [0.717, 1.165) is 12.0 Å². The van der Waals surface area contributed by atoms with Crippen LogP contribution in [-0.2, 0) is 14.8 Å². The van der Waals surface area contributed by atoms with Crippen molar-refractivity contribution in [2.75, 3.05) is 11.9 Å². The molecule has 2 heterocycles. The van der Waals surface area contributed by atoms with E-state index < -0.39 is 22.0 Å². The smallest absolute Gasteiger partial charge is 0.286 e. The molecule has 2 aliphatic heterocycles. The van der Waals surface area contributed by atoms with E-state index in [-0.39, 0.29) is 22.1 Å². The minimum Gasteiger partial charge on any atom is -0.509 e. The lowest BCUT2D eigenvalue weighted by molar-refractivity contribution is -0.127. The van der Waals surface area contributed by atoms with E-state index in [9.17, 15) is 18.3 Å². The molecule has 0 aliphatic carbocycles.